The molecule has 8 nitrogen and oxygen atoms in total. The second-order valence-electron chi connectivity index (χ2n) is 10.4. The standard InChI is InChI=1S/C29H34N6O2/c1-5-18(4)28(36)34-29(6-2)12-20-10-21(13-29)26(20)33-25-9-8-19(15-31-25)24-11-23(37-7-3)17-35-27(24)22(14-30)16-32-35/h5,8-9,11,15-18,20-21,26H,1,6-7,10,12-13H2,2-4H3,(H,31,33)(H,34,36). The number of pyridine rings is 2. The Morgan fingerprint density at radius 3 is 2.76 bits per heavy atom. The van der Waals surface area contributed by atoms with Gasteiger partial charge in [-0.2, -0.15) is 10.4 Å². The number of ether oxygens (including phenoxy) is 1. The van der Waals surface area contributed by atoms with Crippen LogP contribution in [0.25, 0.3) is 16.6 Å². The highest BCUT2D eigenvalue weighted by Crippen LogP contribution is 2.52. The molecule has 0 radical (unpaired) electrons. The zero-order valence-corrected chi connectivity index (χ0v) is 21.7. The molecule has 3 fully saturated rings. The normalized spacial score (nSPS) is 25.0. The number of fused-ring (bicyclic) bond motifs is 3. The smallest absolute Gasteiger partial charge is 0.227 e. The topological polar surface area (TPSA) is 104 Å². The molecular formula is C29H34N6O2. The molecule has 3 aromatic rings. The largest absolute Gasteiger partial charge is 0.492 e. The molecule has 0 saturated heterocycles. The Hall–Kier alpha value is -3.86. The highest BCUT2D eigenvalue weighted by Gasteiger charge is 2.53. The van der Waals surface area contributed by atoms with Crippen molar-refractivity contribution < 1.29 is 9.53 Å². The predicted molar refractivity (Wildman–Crippen MR) is 143 cm³/mol. The van der Waals surface area contributed by atoms with E-state index in [-0.39, 0.29) is 17.4 Å². The van der Waals surface area contributed by atoms with Gasteiger partial charge in [0.15, 0.2) is 0 Å². The minimum Gasteiger partial charge on any atom is -0.492 e. The third-order valence-corrected chi connectivity index (χ3v) is 8.17. The molecule has 0 spiro atoms. The van der Waals surface area contributed by atoms with Crippen LogP contribution in [0.4, 0.5) is 5.82 Å². The first-order valence-corrected chi connectivity index (χ1v) is 13.1. The van der Waals surface area contributed by atoms with Gasteiger partial charge < -0.3 is 15.4 Å². The summed E-state index contributed by atoms with van der Waals surface area (Å²) in [5.74, 6) is 2.43. The Kier molecular flexibility index (Phi) is 6.63. The lowest BCUT2D eigenvalue weighted by atomic mass is 9.54. The molecule has 0 aromatic carbocycles. The van der Waals surface area contributed by atoms with Gasteiger partial charge >= 0.3 is 0 Å². The lowest BCUT2D eigenvalue weighted by Crippen LogP contribution is -2.64. The van der Waals surface area contributed by atoms with E-state index in [1.54, 1.807) is 23.0 Å². The summed E-state index contributed by atoms with van der Waals surface area (Å²) >= 11 is 0. The maximum Gasteiger partial charge on any atom is 0.227 e. The lowest BCUT2D eigenvalue weighted by molar-refractivity contribution is -0.127. The Balaban J connectivity index is 1.32. The average molecular weight is 499 g/mol. The molecule has 2 bridgehead atoms. The van der Waals surface area contributed by atoms with E-state index in [1.165, 1.54) is 6.42 Å². The first kappa shape index (κ1) is 24.8. The van der Waals surface area contributed by atoms with Gasteiger partial charge in [-0.1, -0.05) is 19.9 Å². The summed E-state index contributed by atoms with van der Waals surface area (Å²) in [4.78, 5) is 17.3. The molecule has 3 heterocycles. The summed E-state index contributed by atoms with van der Waals surface area (Å²) in [6.07, 6.45) is 11.0. The van der Waals surface area contributed by atoms with E-state index in [0.29, 0.717) is 35.8 Å². The maximum atomic E-state index is 12.6. The third-order valence-electron chi connectivity index (χ3n) is 8.17. The number of carbonyl (C=O) groups is 1. The van der Waals surface area contributed by atoms with Crippen molar-refractivity contribution in [3.05, 3.63) is 55.0 Å². The number of carbonyl (C=O) groups excluding carboxylic acids is 1. The summed E-state index contributed by atoms with van der Waals surface area (Å²) in [7, 11) is 0. The number of amides is 1. The van der Waals surface area contributed by atoms with Crippen LogP contribution in [0.5, 0.6) is 5.75 Å². The Morgan fingerprint density at radius 1 is 1.35 bits per heavy atom. The minimum atomic E-state index is -0.180. The van der Waals surface area contributed by atoms with Crippen molar-refractivity contribution in [3.8, 4) is 22.9 Å². The van der Waals surface area contributed by atoms with Crippen LogP contribution in [-0.2, 0) is 4.79 Å². The van der Waals surface area contributed by atoms with Crippen molar-refractivity contribution in [2.45, 2.75) is 58.0 Å². The molecule has 8 heteroatoms. The zero-order valence-electron chi connectivity index (χ0n) is 21.7. The molecule has 3 unspecified atom stereocenters. The molecule has 0 aliphatic heterocycles. The maximum absolute atomic E-state index is 12.6. The highest BCUT2D eigenvalue weighted by atomic mass is 16.5. The summed E-state index contributed by atoms with van der Waals surface area (Å²) in [6.45, 7) is 10.3. The Bertz CT molecular complexity index is 1340. The molecule has 3 aliphatic rings. The van der Waals surface area contributed by atoms with E-state index >= 15 is 0 Å². The second kappa shape index (κ2) is 9.89. The second-order valence-corrected chi connectivity index (χ2v) is 10.4. The van der Waals surface area contributed by atoms with Gasteiger partial charge in [0.05, 0.1) is 36.0 Å². The molecular weight excluding hydrogens is 464 g/mol. The van der Waals surface area contributed by atoms with Gasteiger partial charge in [0.1, 0.15) is 17.6 Å². The van der Waals surface area contributed by atoms with Gasteiger partial charge in [-0.05, 0) is 62.6 Å². The van der Waals surface area contributed by atoms with Crippen molar-refractivity contribution >= 4 is 17.2 Å². The SMILES string of the molecule is C=CC(C)C(=O)NC1(CC)CC2CC(C1)C2Nc1ccc(-c2cc(OCC)cn3ncc(C#N)c23)cn1. The van der Waals surface area contributed by atoms with Crippen molar-refractivity contribution in [1.82, 2.24) is 19.9 Å². The van der Waals surface area contributed by atoms with Crippen LogP contribution in [0.3, 0.4) is 0 Å². The number of hydrogen-bond acceptors (Lipinski definition) is 6. The third kappa shape index (κ3) is 4.55. The van der Waals surface area contributed by atoms with Crippen LogP contribution < -0.4 is 15.4 Å². The molecule has 192 valence electrons. The number of aromatic nitrogens is 3. The average Bonchev–Trinajstić information content (AvgIpc) is 3.34. The Labute approximate surface area is 217 Å². The first-order chi connectivity index (χ1) is 17.9. The molecule has 37 heavy (non-hydrogen) atoms. The van der Waals surface area contributed by atoms with Crippen LogP contribution in [0.15, 0.2) is 49.4 Å². The van der Waals surface area contributed by atoms with E-state index in [2.05, 4.69) is 35.3 Å². The summed E-state index contributed by atoms with van der Waals surface area (Å²) in [5.41, 5.74) is 2.88. The van der Waals surface area contributed by atoms with Crippen LogP contribution in [-0.4, -0.2) is 38.7 Å². The minimum absolute atomic E-state index is 0.0696. The summed E-state index contributed by atoms with van der Waals surface area (Å²) < 4.78 is 7.41. The van der Waals surface area contributed by atoms with Crippen molar-refractivity contribution in [2.75, 3.05) is 11.9 Å². The number of nitrogens with one attached hydrogen (secondary N) is 2. The molecule has 6 rings (SSSR count). The quantitative estimate of drug-likeness (QED) is 0.404. The van der Waals surface area contributed by atoms with Crippen LogP contribution in [0.2, 0.25) is 0 Å². The highest BCUT2D eigenvalue weighted by molar-refractivity contribution is 5.85. The molecule has 3 saturated carbocycles. The number of nitrogens with zero attached hydrogens (tertiary/aromatic N) is 4. The Morgan fingerprint density at radius 2 is 2.14 bits per heavy atom. The molecule has 2 N–H and O–H groups in total. The number of nitriles is 1. The van der Waals surface area contributed by atoms with Crippen LogP contribution in [0, 0.1) is 29.1 Å². The van der Waals surface area contributed by atoms with Gasteiger partial charge in [0.2, 0.25) is 5.91 Å². The predicted octanol–water partition coefficient (Wildman–Crippen LogP) is 4.96. The van der Waals surface area contributed by atoms with E-state index in [1.807, 2.05) is 38.2 Å². The van der Waals surface area contributed by atoms with Crippen LogP contribution >= 0.6 is 0 Å². The van der Waals surface area contributed by atoms with Gasteiger partial charge in [-0.15, -0.1) is 6.58 Å². The first-order valence-electron chi connectivity index (χ1n) is 13.1. The van der Waals surface area contributed by atoms with Crippen LogP contribution in [0.1, 0.15) is 52.0 Å². The fourth-order valence-electron chi connectivity index (χ4n) is 6.03. The fraction of sp³-hybridized carbons (Fsp3) is 0.448. The van der Waals surface area contributed by atoms with Crippen molar-refractivity contribution in [2.24, 2.45) is 17.8 Å². The van der Waals surface area contributed by atoms with Gasteiger partial charge in [0, 0.05) is 28.9 Å². The van der Waals surface area contributed by atoms with Gasteiger partial charge in [-0.25, -0.2) is 9.50 Å². The molecule has 1 amide bonds. The summed E-state index contributed by atoms with van der Waals surface area (Å²) in [5, 5.41) is 20.9. The zero-order chi connectivity index (χ0) is 26.2. The van der Waals surface area contributed by atoms with E-state index in [4.69, 9.17) is 9.72 Å². The number of rotatable bonds is 9. The van der Waals surface area contributed by atoms with Crippen molar-refractivity contribution in [3.63, 3.8) is 0 Å². The summed E-state index contributed by atoms with van der Waals surface area (Å²) in [6, 6.07) is 8.55. The monoisotopic (exact) mass is 498 g/mol. The number of hydrogen-bond donors (Lipinski definition) is 2. The molecule has 3 atom stereocenters. The number of anilines is 1. The van der Waals surface area contributed by atoms with Gasteiger partial charge in [-0.3, -0.25) is 4.79 Å². The fourth-order valence-corrected chi connectivity index (χ4v) is 6.03. The van der Waals surface area contributed by atoms with E-state index < -0.39 is 0 Å². The van der Waals surface area contributed by atoms with Crippen molar-refractivity contribution in [1.29, 1.82) is 5.26 Å². The van der Waals surface area contributed by atoms with Gasteiger partial charge in [0.25, 0.3) is 0 Å². The van der Waals surface area contributed by atoms with E-state index in [0.717, 1.165) is 41.7 Å². The van der Waals surface area contributed by atoms with E-state index in [9.17, 15) is 10.1 Å². The molecule has 3 aliphatic carbocycles. The molecule has 3 aromatic heterocycles. The lowest BCUT2D eigenvalue weighted by Gasteiger charge is -2.57.